The molecule has 0 fully saturated rings. The van der Waals surface area contributed by atoms with Crippen LogP contribution in [-0.2, 0) is 11.0 Å². The number of alkyl halides is 3. The summed E-state index contributed by atoms with van der Waals surface area (Å²) in [6.07, 6.45) is -4.90. The number of nitrogens with one attached hydrogen (secondary N) is 1. The lowest BCUT2D eigenvalue weighted by Gasteiger charge is -2.13. The van der Waals surface area contributed by atoms with Gasteiger partial charge in [-0.2, -0.15) is 18.4 Å². The number of carbonyl (C=O) groups is 2. The van der Waals surface area contributed by atoms with Gasteiger partial charge in [-0.1, -0.05) is 6.07 Å². The molecule has 11 heteroatoms. The monoisotopic (exact) mass is 400 g/mol. The first-order chi connectivity index (χ1) is 12.2. The summed E-state index contributed by atoms with van der Waals surface area (Å²) < 4.78 is 40.0. The lowest BCUT2D eigenvalue weighted by Crippen LogP contribution is -2.35. The molecular weight excluding hydrogens is 389 g/mol. The Kier molecular flexibility index (Phi) is 6.23. The Balaban J connectivity index is 2.34. The number of nitrogens with zero attached hydrogens (tertiary/aromatic N) is 2. The number of pyridine rings is 1. The molecule has 0 radical (unpaired) electrons. The van der Waals surface area contributed by atoms with Gasteiger partial charge in [0.25, 0.3) is 0 Å². The number of amides is 3. The molecule has 0 bridgehead atoms. The van der Waals surface area contributed by atoms with E-state index in [0.717, 1.165) is 17.8 Å². The van der Waals surface area contributed by atoms with Gasteiger partial charge in [0, 0.05) is 12.2 Å². The highest BCUT2D eigenvalue weighted by molar-refractivity contribution is 7.99. The zero-order valence-corrected chi connectivity index (χ0v) is 14.6. The largest absolute Gasteiger partial charge is 0.417 e. The van der Waals surface area contributed by atoms with Crippen LogP contribution in [-0.4, -0.2) is 22.7 Å². The Morgan fingerprint density at radius 1 is 1.42 bits per heavy atom. The van der Waals surface area contributed by atoms with Gasteiger partial charge in [0.1, 0.15) is 11.1 Å². The van der Waals surface area contributed by atoms with Gasteiger partial charge in [-0.25, -0.2) is 9.78 Å². The highest BCUT2D eigenvalue weighted by Crippen LogP contribution is 2.38. The summed E-state index contributed by atoms with van der Waals surface area (Å²) in [5, 5.41) is 12.6. The topological polar surface area (TPSA) is 109 Å². The highest BCUT2D eigenvalue weighted by Gasteiger charge is 2.36. The van der Waals surface area contributed by atoms with Crippen molar-refractivity contribution in [2.45, 2.75) is 17.6 Å². The second kappa shape index (κ2) is 8.20. The first kappa shape index (κ1) is 19.7. The van der Waals surface area contributed by atoms with E-state index in [9.17, 15) is 28.0 Å². The van der Waals surface area contributed by atoms with Crippen LogP contribution < -0.4 is 11.1 Å². The molecular formula is C15H11F3N4O2S2. The minimum absolute atomic E-state index is 0.0198. The predicted molar refractivity (Wildman–Crippen MR) is 90.3 cm³/mol. The molecule has 3 N–H and O–H groups in total. The molecule has 0 spiro atoms. The third-order valence-electron chi connectivity index (χ3n) is 3.01. The van der Waals surface area contributed by atoms with Crippen molar-refractivity contribution in [3.05, 3.63) is 34.7 Å². The number of primary amides is 1. The van der Waals surface area contributed by atoms with E-state index < -0.39 is 29.2 Å². The van der Waals surface area contributed by atoms with Crippen molar-refractivity contribution in [2.24, 2.45) is 5.73 Å². The number of aromatic nitrogens is 1. The fourth-order valence-corrected chi connectivity index (χ4v) is 3.58. The molecule has 0 aromatic carbocycles. The molecule has 0 saturated heterocycles. The molecule has 0 unspecified atom stereocenters. The maximum atomic E-state index is 13.3. The Hall–Kier alpha value is -2.58. The predicted octanol–water partition coefficient (Wildman–Crippen LogP) is 3.38. The Labute approximate surface area is 154 Å². The SMILES string of the molecule is N#Cc1c(C(F)(F)F)cc(-c2cccs2)nc1SCCC(=O)NC(N)=O. The molecule has 6 nitrogen and oxygen atoms in total. The van der Waals surface area contributed by atoms with Crippen molar-refractivity contribution >= 4 is 35.0 Å². The van der Waals surface area contributed by atoms with Crippen LogP contribution in [0.5, 0.6) is 0 Å². The Bertz CT molecular complexity index is 861. The van der Waals surface area contributed by atoms with Gasteiger partial charge in [0.05, 0.1) is 21.7 Å². The number of nitrogens with two attached hydrogens (primary N) is 1. The Morgan fingerprint density at radius 3 is 2.69 bits per heavy atom. The smallest absolute Gasteiger partial charge is 0.351 e. The molecule has 2 heterocycles. The summed E-state index contributed by atoms with van der Waals surface area (Å²) in [6, 6.07) is 4.66. The molecule has 0 aliphatic rings. The van der Waals surface area contributed by atoms with Crippen molar-refractivity contribution in [1.82, 2.24) is 10.3 Å². The molecule has 2 aromatic rings. The fourth-order valence-electron chi connectivity index (χ4n) is 1.95. The van der Waals surface area contributed by atoms with Crippen LogP contribution in [0, 0.1) is 11.3 Å². The second-order valence-electron chi connectivity index (χ2n) is 4.83. The molecule has 0 atom stereocenters. The van der Waals surface area contributed by atoms with Crippen LogP contribution in [0.2, 0.25) is 0 Å². The summed E-state index contributed by atoms with van der Waals surface area (Å²) in [5.41, 5.74) is 3.22. The van der Waals surface area contributed by atoms with Crippen LogP contribution >= 0.6 is 23.1 Å². The fraction of sp³-hybridized carbons (Fsp3) is 0.200. The van der Waals surface area contributed by atoms with E-state index in [2.05, 4.69) is 4.98 Å². The number of carbonyl (C=O) groups excluding carboxylic acids is 2. The standard InChI is InChI=1S/C15H11F3N4O2S2/c16-15(17,18)9-6-10(11-2-1-4-25-11)21-13(8(9)7-19)26-5-3-12(23)22-14(20)24/h1-2,4,6H,3,5H2,(H3,20,22,23,24). The number of thioether (sulfide) groups is 1. The third kappa shape index (κ3) is 4.96. The van der Waals surface area contributed by atoms with Gasteiger partial charge in [0.2, 0.25) is 5.91 Å². The zero-order valence-electron chi connectivity index (χ0n) is 13.0. The molecule has 2 rings (SSSR count). The molecule has 0 aliphatic carbocycles. The lowest BCUT2D eigenvalue weighted by atomic mass is 10.1. The van der Waals surface area contributed by atoms with E-state index in [0.29, 0.717) is 4.88 Å². The van der Waals surface area contributed by atoms with Gasteiger partial charge in [-0.15, -0.1) is 23.1 Å². The summed E-state index contributed by atoms with van der Waals surface area (Å²) in [4.78, 5) is 26.6. The van der Waals surface area contributed by atoms with Crippen molar-refractivity contribution < 1.29 is 22.8 Å². The molecule has 26 heavy (non-hydrogen) atoms. The van der Waals surface area contributed by atoms with Crippen molar-refractivity contribution in [3.8, 4) is 16.6 Å². The number of hydrogen-bond donors (Lipinski definition) is 2. The second-order valence-corrected chi connectivity index (χ2v) is 6.86. The van der Waals surface area contributed by atoms with Gasteiger partial charge < -0.3 is 5.73 Å². The third-order valence-corrected chi connectivity index (χ3v) is 4.88. The van der Waals surface area contributed by atoms with Crippen molar-refractivity contribution in [1.29, 1.82) is 5.26 Å². The molecule has 3 amide bonds. The number of rotatable bonds is 5. The van der Waals surface area contributed by atoms with Crippen molar-refractivity contribution in [3.63, 3.8) is 0 Å². The average Bonchev–Trinajstić information content (AvgIpc) is 3.07. The zero-order chi connectivity index (χ0) is 19.3. The minimum atomic E-state index is -4.72. The molecule has 0 aliphatic heterocycles. The van der Waals surface area contributed by atoms with Crippen molar-refractivity contribution in [2.75, 3.05) is 5.75 Å². The van der Waals surface area contributed by atoms with Gasteiger partial charge >= 0.3 is 12.2 Å². The summed E-state index contributed by atoms with van der Waals surface area (Å²) in [7, 11) is 0. The first-order valence-corrected chi connectivity index (χ1v) is 8.87. The van der Waals surface area contributed by atoms with Crippen LogP contribution in [0.4, 0.5) is 18.0 Å². The van der Waals surface area contributed by atoms with E-state index in [1.807, 2.05) is 5.32 Å². The number of halogens is 3. The average molecular weight is 400 g/mol. The maximum absolute atomic E-state index is 13.3. The van der Waals surface area contributed by atoms with Crippen LogP contribution in [0.3, 0.4) is 0 Å². The van der Waals surface area contributed by atoms with Crippen LogP contribution in [0.25, 0.3) is 10.6 Å². The molecule has 0 saturated carbocycles. The van der Waals surface area contributed by atoms with Crippen LogP contribution in [0.15, 0.2) is 28.6 Å². The summed E-state index contributed by atoms with van der Waals surface area (Å²) >= 11 is 2.04. The number of hydrogen-bond acceptors (Lipinski definition) is 6. The molecule has 2 aromatic heterocycles. The van der Waals surface area contributed by atoms with E-state index in [4.69, 9.17) is 5.73 Å². The highest BCUT2D eigenvalue weighted by atomic mass is 32.2. The minimum Gasteiger partial charge on any atom is -0.351 e. The first-order valence-electron chi connectivity index (χ1n) is 7.00. The van der Waals surface area contributed by atoms with Crippen LogP contribution in [0.1, 0.15) is 17.5 Å². The lowest BCUT2D eigenvalue weighted by molar-refractivity contribution is -0.138. The number of imide groups is 1. The number of nitriles is 1. The van der Waals surface area contributed by atoms with E-state index in [-0.39, 0.29) is 22.9 Å². The van der Waals surface area contributed by atoms with Gasteiger partial charge in [-0.3, -0.25) is 10.1 Å². The summed E-state index contributed by atoms with van der Waals surface area (Å²) in [5.74, 6) is -0.652. The quantitative estimate of drug-likeness (QED) is 0.748. The van der Waals surface area contributed by atoms with E-state index in [1.54, 1.807) is 17.5 Å². The normalized spacial score (nSPS) is 11.0. The van der Waals surface area contributed by atoms with Gasteiger partial charge in [-0.05, 0) is 17.5 Å². The number of urea groups is 1. The summed E-state index contributed by atoms with van der Waals surface area (Å²) in [6.45, 7) is 0. The number of thiophene rings is 1. The Morgan fingerprint density at radius 2 is 2.15 bits per heavy atom. The van der Waals surface area contributed by atoms with Gasteiger partial charge in [0.15, 0.2) is 0 Å². The molecule has 136 valence electrons. The van der Waals surface area contributed by atoms with E-state index >= 15 is 0 Å². The van der Waals surface area contributed by atoms with E-state index in [1.165, 1.54) is 17.4 Å². The maximum Gasteiger partial charge on any atom is 0.417 e.